The van der Waals surface area contributed by atoms with Crippen LogP contribution in [0.4, 0.5) is 0 Å². The lowest BCUT2D eigenvalue weighted by molar-refractivity contribution is 0.628. The number of para-hydroxylation sites is 1. The average molecular weight is 252 g/mol. The molecule has 1 aromatic carbocycles. The molecular weight excluding hydrogens is 234 g/mol. The number of aryl methyl sites for hydroxylation is 1. The summed E-state index contributed by atoms with van der Waals surface area (Å²) in [6.45, 7) is 4.77. The van der Waals surface area contributed by atoms with Crippen LogP contribution >= 0.6 is 11.6 Å². The third-order valence-corrected chi connectivity index (χ3v) is 3.08. The lowest BCUT2D eigenvalue weighted by atomic mass is 10.2. The Morgan fingerprint density at radius 1 is 1.35 bits per heavy atom. The molecule has 0 aliphatic carbocycles. The van der Waals surface area contributed by atoms with Gasteiger partial charge in [0.05, 0.1) is 11.2 Å². The third-order valence-electron chi connectivity index (χ3n) is 2.81. The van der Waals surface area contributed by atoms with Crippen molar-refractivity contribution in [3.8, 4) is 0 Å². The van der Waals surface area contributed by atoms with Crippen LogP contribution in [0, 0.1) is 0 Å². The summed E-state index contributed by atoms with van der Waals surface area (Å²) in [7, 11) is 0. The van der Waals surface area contributed by atoms with Gasteiger partial charge in [0, 0.05) is 24.4 Å². The molecule has 3 nitrogen and oxygen atoms in total. The molecule has 0 saturated carbocycles. The van der Waals surface area contributed by atoms with E-state index in [1.165, 1.54) is 10.9 Å². The summed E-state index contributed by atoms with van der Waals surface area (Å²) in [5.41, 5.74) is 2.33. The van der Waals surface area contributed by atoms with Gasteiger partial charge in [0.1, 0.15) is 0 Å². The Morgan fingerprint density at radius 3 is 2.94 bits per heavy atom. The molecule has 4 heteroatoms. The molecule has 17 heavy (non-hydrogen) atoms. The van der Waals surface area contributed by atoms with Gasteiger partial charge in [0.15, 0.2) is 0 Å². The third kappa shape index (κ3) is 2.79. The van der Waals surface area contributed by atoms with Gasteiger partial charge in [-0.25, -0.2) is 0 Å². The smallest absolute Gasteiger partial charge is 0.0841 e. The second-order valence-electron chi connectivity index (χ2n) is 4.00. The number of hydrogen-bond acceptors (Lipinski definition) is 2. The summed E-state index contributed by atoms with van der Waals surface area (Å²) >= 11 is 5.65. The van der Waals surface area contributed by atoms with Crippen molar-refractivity contribution in [1.82, 2.24) is 15.1 Å². The van der Waals surface area contributed by atoms with Gasteiger partial charge in [-0.1, -0.05) is 18.2 Å². The molecule has 0 spiro atoms. The SMILES string of the molecule is CCn1nc(CNCCCCl)c2ccccc21. The summed E-state index contributed by atoms with van der Waals surface area (Å²) < 4.78 is 2.05. The molecule has 0 amide bonds. The van der Waals surface area contributed by atoms with Crippen LogP contribution in [0.3, 0.4) is 0 Å². The van der Waals surface area contributed by atoms with E-state index in [2.05, 4.69) is 41.6 Å². The second-order valence-corrected chi connectivity index (χ2v) is 4.38. The average Bonchev–Trinajstić information content (AvgIpc) is 2.73. The van der Waals surface area contributed by atoms with Crippen LogP contribution in [0.2, 0.25) is 0 Å². The molecule has 0 radical (unpaired) electrons. The number of benzene rings is 1. The van der Waals surface area contributed by atoms with E-state index >= 15 is 0 Å². The zero-order valence-corrected chi connectivity index (χ0v) is 10.9. The molecule has 0 aliphatic rings. The van der Waals surface area contributed by atoms with Crippen molar-refractivity contribution in [2.24, 2.45) is 0 Å². The monoisotopic (exact) mass is 251 g/mol. The number of fused-ring (bicyclic) bond motifs is 1. The van der Waals surface area contributed by atoms with Gasteiger partial charge in [-0.3, -0.25) is 4.68 Å². The molecule has 92 valence electrons. The lowest BCUT2D eigenvalue weighted by Gasteiger charge is -2.00. The molecule has 1 aromatic heterocycles. The Kier molecular flexibility index (Phi) is 4.40. The molecule has 2 aromatic rings. The molecule has 1 N–H and O–H groups in total. The van der Waals surface area contributed by atoms with Crippen LogP contribution < -0.4 is 5.32 Å². The molecular formula is C13H18ClN3. The highest BCUT2D eigenvalue weighted by atomic mass is 35.5. The summed E-state index contributed by atoms with van der Waals surface area (Å²) in [6, 6.07) is 8.37. The topological polar surface area (TPSA) is 29.9 Å². The first-order valence-electron chi connectivity index (χ1n) is 6.08. The second kappa shape index (κ2) is 6.03. The van der Waals surface area contributed by atoms with Crippen LogP contribution in [-0.4, -0.2) is 22.2 Å². The van der Waals surface area contributed by atoms with Crippen molar-refractivity contribution >= 4 is 22.5 Å². The summed E-state index contributed by atoms with van der Waals surface area (Å²) in [4.78, 5) is 0. The largest absolute Gasteiger partial charge is 0.311 e. The first-order chi connectivity index (χ1) is 8.36. The normalized spacial score (nSPS) is 11.2. The minimum Gasteiger partial charge on any atom is -0.311 e. The molecule has 2 rings (SSSR count). The van der Waals surface area contributed by atoms with Crippen molar-refractivity contribution in [3.05, 3.63) is 30.0 Å². The van der Waals surface area contributed by atoms with Crippen LogP contribution in [0.1, 0.15) is 19.0 Å². The number of aromatic nitrogens is 2. The maximum absolute atomic E-state index is 5.65. The minimum absolute atomic E-state index is 0.706. The van der Waals surface area contributed by atoms with Crippen molar-refractivity contribution < 1.29 is 0 Å². The highest BCUT2D eigenvalue weighted by Crippen LogP contribution is 2.18. The van der Waals surface area contributed by atoms with E-state index in [0.717, 1.165) is 31.7 Å². The number of hydrogen-bond donors (Lipinski definition) is 1. The summed E-state index contributed by atoms with van der Waals surface area (Å²) in [5, 5.41) is 9.24. The number of alkyl halides is 1. The van der Waals surface area contributed by atoms with Gasteiger partial charge >= 0.3 is 0 Å². The highest BCUT2D eigenvalue weighted by molar-refractivity contribution is 6.17. The first kappa shape index (κ1) is 12.4. The van der Waals surface area contributed by atoms with E-state index in [9.17, 15) is 0 Å². The quantitative estimate of drug-likeness (QED) is 0.632. The van der Waals surface area contributed by atoms with Crippen molar-refractivity contribution in [3.63, 3.8) is 0 Å². The summed E-state index contributed by atoms with van der Waals surface area (Å²) in [5.74, 6) is 0.706. The van der Waals surface area contributed by atoms with E-state index < -0.39 is 0 Å². The van der Waals surface area contributed by atoms with Crippen molar-refractivity contribution in [2.75, 3.05) is 12.4 Å². The van der Waals surface area contributed by atoms with E-state index in [4.69, 9.17) is 11.6 Å². The molecule has 0 atom stereocenters. The zero-order chi connectivity index (χ0) is 12.1. The number of nitrogens with one attached hydrogen (secondary N) is 1. The van der Waals surface area contributed by atoms with Gasteiger partial charge in [0.2, 0.25) is 0 Å². The fourth-order valence-corrected chi connectivity index (χ4v) is 2.10. The number of nitrogens with zero attached hydrogens (tertiary/aromatic N) is 2. The van der Waals surface area contributed by atoms with Gasteiger partial charge in [-0.15, -0.1) is 11.6 Å². The molecule has 0 unspecified atom stereocenters. The van der Waals surface area contributed by atoms with Crippen LogP contribution in [0.15, 0.2) is 24.3 Å². The van der Waals surface area contributed by atoms with Crippen molar-refractivity contribution in [1.29, 1.82) is 0 Å². The lowest BCUT2D eigenvalue weighted by Crippen LogP contribution is -2.15. The molecule has 0 saturated heterocycles. The number of halogens is 1. The first-order valence-corrected chi connectivity index (χ1v) is 6.61. The van der Waals surface area contributed by atoms with Gasteiger partial charge in [-0.2, -0.15) is 5.10 Å². The Hall–Kier alpha value is -1.06. The fraction of sp³-hybridized carbons (Fsp3) is 0.462. The zero-order valence-electron chi connectivity index (χ0n) is 10.1. The molecule has 0 bridgehead atoms. The van der Waals surface area contributed by atoms with Gasteiger partial charge < -0.3 is 5.32 Å². The van der Waals surface area contributed by atoms with Crippen LogP contribution in [0.5, 0.6) is 0 Å². The van der Waals surface area contributed by atoms with Gasteiger partial charge in [0.25, 0.3) is 0 Å². The Bertz CT molecular complexity index is 478. The Morgan fingerprint density at radius 2 is 2.18 bits per heavy atom. The van der Waals surface area contributed by atoms with Crippen LogP contribution in [-0.2, 0) is 13.1 Å². The minimum atomic E-state index is 0.706. The number of rotatable bonds is 6. The van der Waals surface area contributed by atoms with E-state index in [0.29, 0.717) is 5.88 Å². The summed E-state index contributed by atoms with van der Waals surface area (Å²) in [6.07, 6.45) is 0.994. The maximum Gasteiger partial charge on any atom is 0.0841 e. The maximum atomic E-state index is 5.65. The van der Waals surface area contributed by atoms with Crippen molar-refractivity contribution in [2.45, 2.75) is 26.4 Å². The highest BCUT2D eigenvalue weighted by Gasteiger charge is 2.07. The van der Waals surface area contributed by atoms with Crippen LogP contribution in [0.25, 0.3) is 10.9 Å². The predicted octanol–water partition coefficient (Wildman–Crippen LogP) is 2.77. The predicted molar refractivity (Wildman–Crippen MR) is 72.5 cm³/mol. The van der Waals surface area contributed by atoms with E-state index in [1.54, 1.807) is 0 Å². The van der Waals surface area contributed by atoms with E-state index in [1.807, 2.05) is 4.68 Å². The Labute approximate surface area is 107 Å². The molecule has 0 aliphatic heterocycles. The molecule has 0 fully saturated rings. The fourth-order valence-electron chi connectivity index (χ4n) is 1.97. The molecule has 1 heterocycles. The Balaban J connectivity index is 2.16. The van der Waals surface area contributed by atoms with Gasteiger partial charge in [-0.05, 0) is 26.0 Å². The standard InChI is InChI=1S/C13H18ClN3/c1-2-17-13-7-4-3-6-11(13)12(16-17)10-15-9-5-8-14/h3-4,6-7,15H,2,5,8-10H2,1H3. The van der Waals surface area contributed by atoms with E-state index in [-0.39, 0.29) is 0 Å².